The number of allylic oxidation sites excluding steroid dienone is 4. The maximum absolute atomic E-state index is 12.6. The van der Waals surface area contributed by atoms with Gasteiger partial charge >= 0.3 is 6.18 Å². The lowest BCUT2D eigenvalue weighted by molar-refractivity contribution is -0.0891. The normalized spacial score (nSPS) is 19.9. The Morgan fingerprint density at radius 2 is 1.60 bits per heavy atom. The molecule has 1 rings (SSSR count). The van der Waals surface area contributed by atoms with E-state index in [0.717, 1.165) is 31.8 Å². The summed E-state index contributed by atoms with van der Waals surface area (Å²) in [6, 6.07) is 0. The molecule has 0 nitrogen and oxygen atoms in total. The first-order valence-corrected chi connectivity index (χ1v) is 5.07. The number of rotatable bonds is 3. The van der Waals surface area contributed by atoms with E-state index in [1.165, 1.54) is 6.08 Å². The van der Waals surface area contributed by atoms with E-state index < -0.39 is 11.7 Å². The first kappa shape index (κ1) is 12.1. The number of hydrogen-bond acceptors (Lipinski definition) is 0. The zero-order valence-corrected chi connectivity index (χ0v) is 8.61. The summed E-state index contributed by atoms with van der Waals surface area (Å²) in [4.78, 5) is 0. The average molecular weight is 216 g/mol. The van der Waals surface area contributed by atoms with Crippen LogP contribution in [0.5, 0.6) is 0 Å². The number of alkyl halides is 3. The molecule has 15 heavy (non-hydrogen) atoms. The molecule has 0 heterocycles. The smallest absolute Gasteiger partial charge is 0.166 e. The highest BCUT2D eigenvalue weighted by Gasteiger charge is 2.35. The summed E-state index contributed by atoms with van der Waals surface area (Å²) in [5.41, 5.74) is -0.306. The lowest BCUT2D eigenvalue weighted by Crippen LogP contribution is -2.15. The molecule has 0 amide bonds. The lowest BCUT2D eigenvalue weighted by atomic mass is 9.92. The summed E-state index contributed by atoms with van der Waals surface area (Å²) >= 11 is 0. The third-order valence-electron chi connectivity index (χ3n) is 2.84. The van der Waals surface area contributed by atoms with Gasteiger partial charge in [-0.05, 0) is 24.3 Å². The molecule has 1 saturated carbocycles. The van der Waals surface area contributed by atoms with Crippen LogP contribution in [0.25, 0.3) is 0 Å². The Bertz CT molecular complexity index is 278. The van der Waals surface area contributed by atoms with Gasteiger partial charge in [0.2, 0.25) is 0 Å². The minimum Gasteiger partial charge on any atom is -0.166 e. The maximum atomic E-state index is 12.6. The maximum Gasteiger partial charge on any atom is 0.416 e. The average Bonchev–Trinajstić information content (AvgIpc) is 2.64. The summed E-state index contributed by atoms with van der Waals surface area (Å²) in [6.07, 6.45) is 1.59. The van der Waals surface area contributed by atoms with Crippen molar-refractivity contribution in [2.75, 3.05) is 0 Å². The molecule has 0 atom stereocenters. The third-order valence-corrected chi connectivity index (χ3v) is 2.84. The molecule has 84 valence electrons. The van der Waals surface area contributed by atoms with Crippen molar-refractivity contribution in [3.63, 3.8) is 0 Å². The zero-order valence-electron chi connectivity index (χ0n) is 8.61. The molecule has 1 fully saturated rings. The van der Waals surface area contributed by atoms with Gasteiger partial charge in [-0.25, -0.2) is 0 Å². The van der Waals surface area contributed by atoms with Crippen molar-refractivity contribution < 1.29 is 13.2 Å². The Kier molecular flexibility index (Phi) is 3.77. The molecule has 3 heteroatoms. The fraction of sp³-hybridized carbons (Fsp3) is 0.500. The molecule has 1 aliphatic carbocycles. The van der Waals surface area contributed by atoms with Crippen LogP contribution in [0.4, 0.5) is 13.2 Å². The highest BCUT2D eigenvalue weighted by atomic mass is 19.4. The van der Waals surface area contributed by atoms with E-state index in [1.54, 1.807) is 0 Å². The molecular formula is C12H15F3. The van der Waals surface area contributed by atoms with Crippen LogP contribution in [0, 0.1) is 5.92 Å². The van der Waals surface area contributed by atoms with Gasteiger partial charge in [-0.15, -0.1) is 0 Å². The SMILES string of the molecule is C=C/C(=C(\C=C)C(F)(F)F)C1CCCC1. The van der Waals surface area contributed by atoms with Gasteiger partial charge in [0.15, 0.2) is 0 Å². The quantitative estimate of drug-likeness (QED) is 0.613. The summed E-state index contributed by atoms with van der Waals surface area (Å²) in [6.45, 7) is 6.72. The summed E-state index contributed by atoms with van der Waals surface area (Å²) in [5, 5.41) is 0. The first-order valence-electron chi connectivity index (χ1n) is 5.07. The topological polar surface area (TPSA) is 0 Å². The van der Waals surface area contributed by atoms with Crippen LogP contribution < -0.4 is 0 Å². The Morgan fingerprint density at radius 3 is 1.93 bits per heavy atom. The number of hydrogen-bond donors (Lipinski definition) is 0. The lowest BCUT2D eigenvalue weighted by Gasteiger charge is -2.17. The monoisotopic (exact) mass is 216 g/mol. The molecule has 0 saturated heterocycles. The van der Waals surface area contributed by atoms with Crippen molar-refractivity contribution in [3.05, 3.63) is 36.5 Å². The van der Waals surface area contributed by atoms with Gasteiger partial charge in [-0.3, -0.25) is 0 Å². The van der Waals surface area contributed by atoms with Crippen molar-refractivity contribution in [3.8, 4) is 0 Å². The third kappa shape index (κ3) is 2.74. The molecule has 0 aromatic heterocycles. The van der Waals surface area contributed by atoms with Crippen LogP contribution in [0.15, 0.2) is 36.5 Å². The summed E-state index contributed by atoms with van der Waals surface area (Å²) in [5.74, 6) is 0.0112. The van der Waals surface area contributed by atoms with Crippen LogP contribution in [-0.2, 0) is 0 Å². The van der Waals surface area contributed by atoms with Crippen LogP contribution >= 0.6 is 0 Å². The van der Waals surface area contributed by atoms with Crippen LogP contribution in [-0.4, -0.2) is 6.18 Å². The molecule has 0 bridgehead atoms. The van der Waals surface area contributed by atoms with Gasteiger partial charge < -0.3 is 0 Å². The second kappa shape index (κ2) is 4.69. The van der Waals surface area contributed by atoms with Crippen molar-refractivity contribution in [2.45, 2.75) is 31.9 Å². The van der Waals surface area contributed by atoms with E-state index in [1.807, 2.05) is 0 Å². The Labute approximate surface area is 88.2 Å². The highest BCUT2D eigenvalue weighted by Crippen LogP contribution is 2.38. The fourth-order valence-electron chi connectivity index (χ4n) is 2.13. The summed E-state index contributed by atoms with van der Waals surface area (Å²) in [7, 11) is 0. The van der Waals surface area contributed by atoms with E-state index in [2.05, 4.69) is 13.2 Å². The molecule has 0 spiro atoms. The van der Waals surface area contributed by atoms with E-state index in [4.69, 9.17) is 0 Å². The van der Waals surface area contributed by atoms with E-state index in [0.29, 0.717) is 5.57 Å². The van der Waals surface area contributed by atoms with Crippen molar-refractivity contribution in [1.82, 2.24) is 0 Å². The molecule has 0 radical (unpaired) electrons. The van der Waals surface area contributed by atoms with E-state index in [9.17, 15) is 13.2 Å². The molecular weight excluding hydrogens is 201 g/mol. The second-order valence-electron chi connectivity index (χ2n) is 3.76. The molecule has 0 unspecified atom stereocenters. The predicted octanol–water partition coefficient (Wildman–Crippen LogP) is 4.41. The van der Waals surface area contributed by atoms with Gasteiger partial charge in [-0.1, -0.05) is 38.2 Å². The minimum absolute atomic E-state index is 0.0112. The van der Waals surface area contributed by atoms with Crippen LogP contribution in [0.3, 0.4) is 0 Å². The Morgan fingerprint density at radius 1 is 1.07 bits per heavy atom. The van der Waals surface area contributed by atoms with Gasteiger partial charge in [0, 0.05) is 0 Å². The fourth-order valence-corrected chi connectivity index (χ4v) is 2.13. The molecule has 1 aliphatic rings. The van der Waals surface area contributed by atoms with E-state index in [-0.39, 0.29) is 5.92 Å². The summed E-state index contributed by atoms with van der Waals surface area (Å²) < 4.78 is 37.9. The molecule has 0 aromatic rings. The van der Waals surface area contributed by atoms with E-state index >= 15 is 0 Å². The molecule has 0 aromatic carbocycles. The molecule has 0 aliphatic heterocycles. The van der Waals surface area contributed by atoms with Crippen molar-refractivity contribution in [1.29, 1.82) is 0 Å². The number of halogens is 3. The Hall–Kier alpha value is -0.990. The highest BCUT2D eigenvalue weighted by molar-refractivity contribution is 5.36. The zero-order chi connectivity index (χ0) is 11.5. The first-order chi connectivity index (χ1) is 7.00. The van der Waals surface area contributed by atoms with Gasteiger partial charge in [-0.2, -0.15) is 13.2 Å². The van der Waals surface area contributed by atoms with Gasteiger partial charge in [0.05, 0.1) is 5.57 Å². The van der Waals surface area contributed by atoms with Gasteiger partial charge in [0.25, 0.3) is 0 Å². The van der Waals surface area contributed by atoms with Crippen molar-refractivity contribution in [2.24, 2.45) is 5.92 Å². The van der Waals surface area contributed by atoms with Gasteiger partial charge in [0.1, 0.15) is 0 Å². The second-order valence-corrected chi connectivity index (χ2v) is 3.76. The predicted molar refractivity (Wildman–Crippen MR) is 55.4 cm³/mol. The van der Waals surface area contributed by atoms with Crippen molar-refractivity contribution >= 4 is 0 Å². The van der Waals surface area contributed by atoms with Crippen LogP contribution in [0.2, 0.25) is 0 Å². The minimum atomic E-state index is -4.31. The largest absolute Gasteiger partial charge is 0.416 e. The Balaban J connectivity index is 3.07. The van der Waals surface area contributed by atoms with Crippen LogP contribution in [0.1, 0.15) is 25.7 Å². The molecule has 0 N–H and O–H groups in total. The standard InChI is InChI=1S/C12H15F3/c1-3-10(9-7-5-6-8-9)11(4-2)12(13,14)15/h3-4,9H,1-2,5-8H2/b11-10-.